The zero-order valence-electron chi connectivity index (χ0n) is 12.7. The first kappa shape index (κ1) is 13.6. The fourth-order valence-electron chi connectivity index (χ4n) is 3.51. The molecule has 2 nitrogen and oxygen atoms in total. The van der Waals surface area contributed by atoms with Gasteiger partial charge < -0.3 is 10.2 Å². The maximum atomic E-state index is 3.50. The van der Waals surface area contributed by atoms with Crippen molar-refractivity contribution in [1.29, 1.82) is 0 Å². The number of benzene rings is 2. The molecule has 1 aliphatic heterocycles. The summed E-state index contributed by atoms with van der Waals surface area (Å²) in [6.07, 6.45) is 1.27. The second kappa shape index (κ2) is 5.55. The molecule has 0 amide bonds. The first-order valence-electron chi connectivity index (χ1n) is 7.52. The molecule has 2 atom stereocenters. The molecule has 1 fully saturated rings. The summed E-state index contributed by atoms with van der Waals surface area (Å²) in [5.41, 5.74) is 2.77. The number of fused-ring (bicyclic) bond motifs is 1. The number of nitrogens with zero attached hydrogens (tertiary/aromatic N) is 1. The Balaban J connectivity index is 2.00. The van der Waals surface area contributed by atoms with Crippen LogP contribution in [0.2, 0.25) is 0 Å². The van der Waals surface area contributed by atoms with Crippen molar-refractivity contribution in [1.82, 2.24) is 10.2 Å². The molecule has 1 saturated heterocycles. The number of hydrogen-bond donors (Lipinski definition) is 1. The minimum Gasteiger partial charge on any atom is -0.316 e. The van der Waals surface area contributed by atoms with Crippen molar-refractivity contribution in [3.63, 3.8) is 0 Å². The fraction of sp³-hybridized carbons (Fsp3) is 0.444. The Hall–Kier alpha value is -1.38. The van der Waals surface area contributed by atoms with Crippen LogP contribution in [0.5, 0.6) is 0 Å². The monoisotopic (exact) mass is 268 g/mol. The summed E-state index contributed by atoms with van der Waals surface area (Å²) in [6, 6.07) is 14.2. The highest BCUT2D eigenvalue weighted by Crippen LogP contribution is 2.32. The van der Waals surface area contributed by atoms with Crippen LogP contribution in [0.25, 0.3) is 10.8 Å². The lowest BCUT2D eigenvalue weighted by atomic mass is 9.90. The number of nitrogens with one attached hydrogen (secondary N) is 1. The lowest BCUT2D eigenvalue weighted by Gasteiger charge is -2.30. The maximum absolute atomic E-state index is 3.50. The molecule has 0 aromatic heterocycles. The third kappa shape index (κ3) is 2.58. The Morgan fingerprint density at radius 2 is 1.85 bits per heavy atom. The molecule has 0 aliphatic carbocycles. The summed E-state index contributed by atoms with van der Waals surface area (Å²) in [7, 11) is 4.39. The van der Waals surface area contributed by atoms with Gasteiger partial charge in [0.1, 0.15) is 0 Å². The van der Waals surface area contributed by atoms with Crippen molar-refractivity contribution in [2.24, 2.45) is 5.92 Å². The van der Waals surface area contributed by atoms with E-state index in [9.17, 15) is 0 Å². The van der Waals surface area contributed by atoms with Gasteiger partial charge in [0.2, 0.25) is 0 Å². The van der Waals surface area contributed by atoms with E-state index in [-0.39, 0.29) is 0 Å². The first-order chi connectivity index (χ1) is 9.65. The van der Waals surface area contributed by atoms with Crippen LogP contribution < -0.4 is 5.32 Å². The van der Waals surface area contributed by atoms with Gasteiger partial charge in [0.05, 0.1) is 0 Å². The summed E-state index contributed by atoms with van der Waals surface area (Å²) in [4.78, 5) is 2.37. The molecular formula is C18H24N2. The highest BCUT2D eigenvalue weighted by molar-refractivity contribution is 5.83. The van der Waals surface area contributed by atoms with Crippen LogP contribution in [0.15, 0.2) is 36.4 Å². The molecule has 1 N–H and O–H groups in total. The van der Waals surface area contributed by atoms with Crippen molar-refractivity contribution in [3.8, 4) is 0 Å². The highest BCUT2D eigenvalue weighted by atomic mass is 15.1. The molecule has 2 aromatic carbocycles. The van der Waals surface area contributed by atoms with Crippen molar-refractivity contribution in [2.45, 2.75) is 19.4 Å². The molecule has 2 heteroatoms. The van der Waals surface area contributed by atoms with Gasteiger partial charge in [0.15, 0.2) is 0 Å². The van der Waals surface area contributed by atoms with Gasteiger partial charge in [-0.3, -0.25) is 0 Å². The predicted molar refractivity (Wildman–Crippen MR) is 86.1 cm³/mol. The summed E-state index contributed by atoms with van der Waals surface area (Å²) < 4.78 is 0. The molecule has 3 rings (SSSR count). The summed E-state index contributed by atoms with van der Waals surface area (Å²) in [6.45, 7) is 4.44. The molecule has 1 aliphatic rings. The lowest BCUT2D eigenvalue weighted by molar-refractivity contribution is 0.223. The van der Waals surface area contributed by atoms with Gasteiger partial charge in [0.25, 0.3) is 0 Å². The predicted octanol–water partition coefficient (Wildman–Crippen LogP) is 3.36. The van der Waals surface area contributed by atoms with Gasteiger partial charge in [-0.15, -0.1) is 0 Å². The SMILES string of the molecule is Cc1ccc2cc(C(C3CCNC3)N(C)C)ccc2c1. The van der Waals surface area contributed by atoms with Crippen molar-refractivity contribution >= 4 is 10.8 Å². The van der Waals surface area contributed by atoms with E-state index in [1.54, 1.807) is 0 Å². The number of rotatable bonds is 3. The molecule has 0 saturated carbocycles. The van der Waals surface area contributed by atoms with Crippen molar-refractivity contribution in [3.05, 3.63) is 47.5 Å². The normalized spacial score (nSPS) is 20.7. The Labute approximate surface area is 121 Å². The van der Waals surface area contributed by atoms with E-state index in [1.165, 1.54) is 28.3 Å². The standard InChI is InChI=1S/C18H24N2/c1-13-4-5-15-11-16(7-6-14(15)10-13)18(20(2)3)17-8-9-19-12-17/h4-7,10-11,17-19H,8-9,12H2,1-3H3. The fourth-order valence-corrected chi connectivity index (χ4v) is 3.51. The van der Waals surface area contributed by atoms with E-state index in [4.69, 9.17) is 0 Å². The Bertz CT molecular complexity index is 597. The molecular weight excluding hydrogens is 244 g/mol. The molecule has 20 heavy (non-hydrogen) atoms. The molecule has 106 valence electrons. The van der Waals surface area contributed by atoms with Gasteiger partial charge in [-0.05, 0) is 68.8 Å². The zero-order valence-corrected chi connectivity index (χ0v) is 12.7. The summed E-state index contributed by atoms with van der Waals surface area (Å²) in [5.74, 6) is 0.716. The number of aryl methyl sites for hydroxylation is 1. The molecule has 0 spiro atoms. The topological polar surface area (TPSA) is 15.3 Å². The summed E-state index contributed by atoms with van der Waals surface area (Å²) in [5, 5.41) is 6.19. The molecule has 2 aromatic rings. The van der Waals surface area contributed by atoms with Crippen molar-refractivity contribution in [2.75, 3.05) is 27.2 Å². The van der Waals surface area contributed by atoms with Crippen LogP contribution >= 0.6 is 0 Å². The van der Waals surface area contributed by atoms with Crippen LogP contribution in [0.1, 0.15) is 23.6 Å². The minimum absolute atomic E-state index is 0.510. The van der Waals surface area contributed by atoms with E-state index in [1.807, 2.05) is 0 Å². The van der Waals surface area contributed by atoms with E-state index in [0.29, 0.717) is 12.0 Å². The van der Waals surface area contributed by atoms with Gasteiger partial charge >= 0.3 is 0 Å². The molecule has 0 radical (unpaired) electrons. The first-order valence-corrected chi connectivity index (χ1v) is 7.52. The Kier molecular flexibility index (Phi) is 3.77. The maximum Gasteiger partial charge on any atom is 0.0383 e. The smallest absolute Gasteiger partial charge is 0.0383 e. The third-order valence-electron chi connectivity index (χ3n) is 4.46. The molecule has 1 heterocycles. The number of hydrogen-bond acceptors (Lipinski definition) is 2. The molecule has 2 unspecified atom stereocenters. The second-order valence-electron chi connectivity index (χ2n) is 6.27. The van der Waals surface area contributed by atoms with E-state index in [2.05, 4.69) is 67.6 Å². The Morgan fingerprint density at radius 1 is 1.10 bits per heavy atom. The Morgan fingerprint density at radius 3 is 2.55 bits per heavy atom. The van der Waals surface area contributed by atoms with Gasteiger partial charge in [-0.1, -0.05) is 35.9 Å². The van der Waals surface area contributed by atoms with Crippen LogP contribution in [-0.4, -0.2) is 32.1 Å². The average Bonchev–Trinajstić information content (AvgIpc) is 2.92. The van der Waals surface area contributed by atoms with E-state index >= 15 is 0 Å². The van der Waals surface area contributed by atoms with Crippen LogP contribution in [0.3, 0.4) is 0 Å². The van der Waals surface area contributed by atoms with Gasteiger partial charge in [0, 0.05) is 6.04 Å². The molecule has 0 bridgehead atoms. The third-order valence-corrected chi connectivity index (χ3v) is 4.46. The van der Waals surface area contributed by atoms with E-state index < -0.39 is 0 Å². The van der Waals surface area contributed by atoms with Gasteiger partial charge in [-0.2, -0.15) is 0 Å². The second-order valence-corrected chi connectivity index (χ2v) is 6.27. The van der Waals surface area contributed by atoms with Crippen LogP contribution in [-0.2, 0) is 0 Å². The lowest BCUT2D eigenvalue weighted by Crippen LogP contribution is -2.28. The largest absolute Gasteiger partial charge is 0.316 e. The van der Waals surface area contributed by atoms with Crippen LogP contribution in [0, 0.1) is 12.8 Å². The highest BCUT2D eigenvalue weighted by Gasteiger charge is 2.27. The average molecular weight is 268 g/mol. The van der Waals surface area contributed by atoms with Crippen molar-refractivity contribution < 1.29 is 0 Å². The zero-order chi connectivity index (χ0) is 14.1. The quantitative estimate of drug-likeness (QED) is 0.918. The minimum atomic E-state index is 0.510. The summed E-state index contributed by atoms with van der Waals surface area (Å²) >= 11 is 0. The van der Waals surface area contributed by atoms with E-state index in [0.717, 1.165) is 13.1 Å². The van der Waals surface area contributed by atoms with Crippen LogP contribution in [0.4, 0.5) is 0 Å². The van der Waals surface area contributed by atoms with Gasteiger partial charge in [-0.25, -0.2) is 0 Å².